The summed E-state index contributed by atoms with van der Waals surface area (Å²) < 4.78 is 5.47. The molecule has 2 aromatic rings. The molecule has 0 radical (unpaired) electrons. The van der Waals surface area contributed by atoms with Crippen LogP contribution in [-0.4, -0.2) is 65.1 Å². The summed E-state index contributed by atoms with van der Waals surface area (Å²) in [5, 5.41) is 9.39. The number of nitrogens with one attached hydrogen (secondary N) is 3. The fourth-order valence-corrected chi connectivity index (χ4v) is 4.24. The molecule has 2 aliphatic heterocycles. The zero-order valence-corrected chi connectivity index (χ0v) is 22.8. The van der Waals surface area contributed by atoms with Crippen LogP contribution in [-0.2, 0) is 11.3 Å². The Morgan fingerprint density at radius 1 is 1.26 bits per heavy atom. The Hall–Kier alpha value is -3.63. The number of hydrogen-bond donors (Lipinski definition) is 4. The number of amides is 1. The van der Waals surface area contributed by atoms with Crippen LogP contribution in [0.25, 0.3) is 6.08 Å². The lowest BCUT2D eigenvalue weighted by Gasteiger charge is -2.40. The number of rotatable bonds is 10. The van der Waals surface area contributed by atoms with Crippen molar-refractivity contribution in [3.8, 4) is 0 Å². The average molecular weight is 523 g/mol. The molecule has 1 saturated heterocycles. The van der Waals surface area contributed by atoms with E-state index in [0.717, 1.165) is 42.4 Å². The second kappa shape index (κ2) is 15.6. The molecule has 2 aromatic heterocycles. The lowest BCUT2D eigenvalue weighted by Crippen LogP contribution is -2.58. The van der Waals surface area contributed by atoms with Crippen molar-refractivity contribution in [3.63, 3.8) is 0 Å². The number of nitrogens with two attached hydrogens (primary N) is 1. The molecule has 5 N–H and O–H groups in total. The Bertz CT molecular complexity index is 1070. The van der Waals surface area contributed by atoms with Gasteiger partial charge in [0.25, 0.3) is 5.91 Å². The van der Waals surface area contributed by atoms with E-state index in [1.165, 1.54) is 19.3 Å². The van der Waals surface area contributed by atoms with Crippen molar-refractivity contribution < 1.29 is 9.21 Å². The molecule has 0 saturated carbocycles. The highest BCUT2D eigenvalue weighted by Gasteiger charge is 2.32. The molecule has 0 aliphatic carbocycles. The normalized spacial score (nSPS) is 18.2. The van der Waals surface area contributed by atoms with Crippen LogP contribution in [0, 0.1) is 6.92 Å². The van der Waals surface area contributed by atoms with Gasteiger partial charge in [-0.05, 0) is 57.4 Å². The van der Waals surface area contributed by atoms with Crippen LogP contribution in [0.3, 0.4) is 0 Å². The molecule has 4 heterocycles. The minimum Gasteiger partial charge on any atom is -0.445 e. The maximum absolute atomic E-state index is 13.0. The molecule has 1 atom stereocenters. The summed E-state index contributed by atoms with van der Waals surface area (Å²) in [6.07, 6.45) is 17.3. The van der Waals surface area contributed by atoms with Crippen LogP contribution in [0.4, 0.5) is 0 Å². The van der Waals surface area contributed by atoms with Gasteiger partial charge in [-0.25, -0.2) is 4.98 Å². The highest BCUT2D eigenvalue weighted by atomic mass is 16.4. The van der Waals surface area contributed by atoms with Crippen molar-refractivity contribution in [2.75, 3.05) is 33.2 Å². The number of oxazole rings is 1. The maximum Gasteiger partial charge on any atom is 0.265 e. The summed E-state index contributed by atoms with van der Waals surface area (Å²) in [6.45, 7) is 7.66. The summed E-state index contributed by atoms with van der Waals surface area (Å²) in [4.78, 5) is 25.4. The number of aromatic nitrogens is 2. The van der Waals surface area contributed by atoms with Gasteiger partial charge in [-0.1, -0.05) is 25.1 Å². The van der Waals surface area contributed by atoms with Gasteiger partial charge < -0.3 is 25.7 Å². The van der Waals surface area contributed by atoms with E-state index in [-0.39, 0.29) is 5.91 Å². The topological polar surface area (TPSA) is 125 Å². The molecule has 1 unspecified atom stereocenters. The van der Waals surface area contributed by atoms with Crippen LogP contribution in [0.15, 0.2) is 65.0 Å². The van der Waals surface area contributed by atoms with Gasteiger partial charge in [0.15, 0.2) is 6.17 Å². The predicted molar refractivity (Wildman–Crippen MR) is 150 cm³/mol. The van der Waals surface area contributed by atoms with Gasteiger partial charge in [-0.3, -0.25) is 20.0 Å². The van der Waals surface area contributed by atoms with Crippen molar-refractivity contribution >= 4 is 12.0 Å². The molecule has 206 valence electrons. The smallest absolute Gasteiger partial charge is 0.265 e. The Kier molecular flexibility index (Phi) is 11.9. The van der Waals surface area contributed by atoms with Gasteiger partial charge in [0, 0.05) is 50.5 Å². The van der Waals surface area contributed by atoms with Gasteiger partial charge in [-0.2, -0.15) is 0 Å². The van der Waals surface area contributed by atoms with E-state index in [1.54, 1.807) is 18.6 Å². The number of hydrogen-bond acceptors (Lipinski definition) is 9. The van der Waals surface area contributed by atoms with E-state index in [2.05, 4.69) is 49.9 Å². The van der Waals surface area contributed by atoms with Gasteiger partial charge >= 0.3 is 0 Å². The Balaban J connectivity index is 0.000000279. The van der Waals surface area contributed by atoms with E-state index < -0.39 is 6.17 Å². The molecule has 1 fully saturated rings. The third kappa shape index (κ3) is 9.04. The van der Waals surface area contributed by atoms with Crippen molar-refractivity contribution in [1.82, 2.24) is 35.7 Å². The summed E-state index contributed by atoms with van der Waals surface area (Å²) in [5.74, 6) is 2.35. The van der Waals surface area contributed by atoms with Crippen molar-refractivity contribution in [3.05, 3.63) is 77.8 Å². The van der Waals surface area contributed by atoms with E-state index in [9.17, 15) is 4.79 Å². The maximum atomic E-state index is 13.0. The molecular formula is C28H42N8O2. The first-order valence-corrected chi connectivity index (χ1v) is 13.3. The first kappa shape index (κ1) is 28.9. The van der Waals surface area contributed by atoms with Gasteiger partial charge in [-0.15, -0.1) is 0 Å². The number of carbonyl (C=O) groups is 1. The average Bonchev–Trinajstić information content (AvgIpc) is 3.35. The molecule has 38 heavy (non-hydrogen) atoms. The van der Waals surface area contributed by atoms with E-state index >= 15 is 0 Å². The highest BCUT2D eigenvalue weighted by molar-refractivity contribution is 5.84. The number of nitrogens with zero attached hydrogens (tertiary/aromatic N) is 4. The Labute approximate surface area is 226 Å². The second-order valence-electron chi connectivity index (χ2n) is 9.26. The predicted octanol–water partition coefficient (Wildman–Crippen LogP) is 2.68. The first-order valence-electron chi connectivity index (χ1n) is 13.3. The SMILES string of the molecule is CC/C=C/CN1C(=O)C(NCc2ncc(C)o2)NC=C1N1CCCCC1.CNC/C(N)=C/c1cccnc1. The molecule has 4 rings (SSSR count). The molecule has 10 heteroatoms. The molecule has 10 nitrogen and oxygen atoms in total. The lowest BCUT2D eigenvalue weighted by molar-refractivity contribution is -0.134. The quantitative estimate of drug-likeness (QED) is 0.349. The molecule has 0 spiro atoms. The van der Waals surface area contributed by atoms with Crippen LogP contribution < -0.4 is 21.7 Å². The number of aryl methyl sites for hydroxylation is 1. The molecular weight excluding hydrogens is 480 g/mol. The van der Waals surface area contributed by atoms with Crippen molar-refractivity contribution in [1.29, 1.82) is 0 Å². The minimum absolute atomic E-state index is 0.0251. The van der Waals surface area contributed by atoms with Crippen molar-refractivity contribution in [2.45, 2.75) is 52.2 Å². The highest BCUT2D eigenvalue weighted by Crippen LogP contribution is 2.21. The summed E-state index contributed by atoms with van der Waals surface area (Å²) in [6, 6.07) is 3.86. The number of likely N-dealkylation sites (tertiary alicyclic amines) is 1. The number of allylic oxidation sites excluding steroid dienone is 1. The van der Waals surface area contributed by atoms with Gasteiger partial charge in [0.05, 0.1) is 12.7 Å². The molecule has 0 bridgehead atoms. The first-order chi connectivity index (χ1) is 18.5. The largest absolute Gasteiger partial charge is 0.445 e. The molecule has 2 aliphatic rings. The monoisotopic (exact) mass is 522 g/mol. The number of pyridine rings is 1. The van der Waals surface area contributed by atoms with Gasteiger partial charge in [0.2, 0.25) is 5.89 Å². The molecule has 0 aromatic carbocycles. The fourth-order valence-electron chi connectivity index (χ4n) is 4.24. The third-order valence-electron chi connectivity index (χ3n) is 6.08. The summed E-state index contributed by atoms with van der Waals surface area (Å²) in [5.41, 5.74) is 7.53. The number of likely N-dealkylation sites (N-methyl/N-ethyl adjacent to an activating group) is 1. The van der Waals surface area contributed by atoms with Crippen LogP contribution >= 0.6 is 0 Å². The molecule has 1 amide bonds. The second-order valence-corrected chi connectivity index (χ2v) is 9.26. The third-order valence-corrected chi connectivity index (χ3v) is 6.08. The number of piperidine rings is 1. The zero-order valence-electron chi connectivity index (χ0n) is 22.8. The van der Waals surface area contributed by atoms with E-state index in [4.69, 9.17) is 10.2 Å². The van der Waals surface area contributed by atoms with E-state index in [1.807, 2.05) is 43.3 Å². The fraction of sp³-hybridized carbons (Fsp3) is 0.464. The summed E-state index contributed by atoms with van der Waals surface area (Å²) >= 11 is 0. The minimum atomic E-state index is -0.481. The van der Waals surface area contributed by atoms with E-state index in [0.29, 0.717) is 25.5 Å². The van der Waals surface area contributed by atoms with Gasteiger partial charge in [0.1, 0.15) is 11.6 Å². The lowest BCUT2D eigenvalue weighted by atomic mass is 10.1. The van der Waals surface area contributed by atoms with Crippen LogP contribution in [0.5, 0.6) is 0 Å². The Morgan fingerprint density at radius 2 is 2.08 bits per heavy atom. The Morgan fingerprint density at radius 3 is 2.74 bits per heavy atom. The standard InChI is InChI=1S/C19H29N5O2.C9H13N3/c1-3-4-6-11-24-17(23-9-7-5-8-10-23)14-22-18(19(24)25)21-13-16-20-12-15(2)26-16;1-11-7-9(10)5-8-3-2-4-12-6-8/h4,6,12,14,18,21-22H,3,5,7-11,13H2,1-2H3;2-6,11H,7,10H2,1H3/b6-4+;9-5-. The summed E-state index contributed by atoms with van der Waals surface area (Å²) in [7, 11) is 1.87. The zero-order chi connectivity index (χ0) is 27.2. The van der Waals surface area contributed by atoms with Crippen LogP contribution in [0.2, 0.25) is 0 Å². The van der Waals surface area contributed by atoms with Crippen LogP contribution in [0.1, 0.15) is 49.8 Å². The number of carbonyl (C=O) groups excluding carboxylic acids is 1. The van der Waals surface area contributed by atoms with Crippen molar-refractivity contribution in [2.24, 2.45) is 5.73 Å².